The number of carbonyl (C=O) groups excluding carboxylic acids is 4. The number of aromatic nitrogens is 3. The fourth-order valence-corrected chi connectivity index (χ4v) is 3.45. The Morgan fingerprint density at radius 2 is 2.06 bits per heavy atom. The van der Waals surface area contributed by atoms with E-state index in [0.29, 0.717) is 28.9 Å². The second-order valence-electron chi connectivity index (χ2n) is 7.40. The van der Waals surface area contributed by atoms with E-state index in [1.807, 2.05) is 12.1 Å². The lowest BCUT2D eigenvalue weighted by Crippen LogP contribution is -2.25. The van der Waals surface area contributed by atoms with Crippen LogP contribution in [-0.2, 0) is 32.1 Å². The molecule has 1 aromatic carbocycles. The van der Waals surface area contributed by atoms with Crippen molar-refractivity contribution in [1.82, 2.24) is 20.3 Å². The van der Waals surface area contributed by atoms with E-state index in [1.54, 1.807) is 6.07 Å². The van der Waals surface area contributed by atoms with Gasteiger partial charge in [0.15, 0.2) is 11.5 Å². The Morgan fingerprint density at radius 3 is 2.88 bits per heavy atom. The lowest BCUT2D eigenvalue weighted by atomic mass is 10.0. The van der Waals surface area contributed by atoms with Gasteiger partial charge in [0.1, 0.15) is 24.2 Å². The molecule has 33 heavy (non-hydrogen) atoms. The number of Topliss-reactive ketones (excluding diaryl/α,β-unsaturated/α-hetero) is 1. The summed E-state index contributed by atoms with van der Waals surface area (Å²) in [5, 5.41) is 5.46. The molecule has 0 bridgehead atoms. The first-order valence-corrected chi connectivity index (χ1v) is 10.2. The molecule has 2 aromatic heterocycles. The zero-order valence-corrected chi connectivity index (χ0v) is 17.8. The third kappa shape index (κ3) is 4.97. The molecule has 0 unspecified atom stereocenters. The highest BCUT2D eigenvalue weighted by atomic mass is 16.5. The average Bonchev–Trinajstić information content (AvgIpc) is 3.23. The van der Waals surface area contributed by atoms with Crippen molar-refractivity contribution in [3.63, 3.8) is 0 Å². The summed E-state index contributed by atoms with van der Waals surface area (Å²) in [6, 6.07) is 5.44. The van der Waals surface area contributed by atoms with E-state index in [4.69, 9.17) is 4.74 Å². The lowest BCUT2D eigenvalue weighted by Gasteiger charge is -2.17. The van der Waals surface area contributed by atoms with Gasteiger partial charge in [-0.05, 0) is 17.7 Å². The number of methoxy groups -OCH3 is 1. The minimum Gasteiger partial charge on any atom is -0.486 e. The molecule has 4 rings (SSSR count). The summed E-state index contributed by atoms with van der Waals surface area (Å²) in [4.78, 5) is 58.8. The first-order valence-electron chi connectivity index (χ1n) is 10.2. The van der Waals surface area contributed by atoms with Gasteiger partial charge in [-0.15, -0.1) is 0 Å². The van der Waals surface area contributed by atoms with Gasteiger partial charge in [-0.3, -0.25) is 19.2 Å². The summed E-state index contributed by atoms with van der Waals surface area (Å²) in [6.45, 7) is 0.306. The molecule has 3 N–H and O–H groups in total. The number of ketones is 1. The maximum absolute atomic E-state index is 12.8. The Balaban J connectivity index is 1.43. The van der Waals surface area contributed by atoms with Gasteiger partial charge >= 0.3 is 5.97 Å². The fourth-order valence-electron chi connectivity index (χ4n) is 3.45. The predicted octanol–water partition coefficient (Wildman–Crippen LogP) is 1.28. The first kappa shape index (κ1) is 21.9. The van der Waals surface area contributed by atoms with Gasteiger partial charge in [0, 0.05) is 31.1 Å². The van der Waals surface area contributed by atoms with Crippen molar-refractivity contribution in [3.8, 4) is 5.75 Å². The minimum atomic E-state index is -0.483. The van der Waals surface area contributed by atoms with Gasteiger partial charge in [-0.2, -0.15) is 0 Å². The number of anilines is 1. The molecule has 2 amide bonds. The topological polar surface area (TPSA) is 152 Å². The van der Waals surface area contributed by atoms with E-state index in [1.165, 1.54) is 19.6 Å². The number of nitrogens with one attached hydrogen (secondary N) is 3. The summed E-state index contributed by atoms with van der Waals surface area (Å²) in [7, 11) is 1.25. The van der Waals surface area contributed by atoms with Gasteiger partial charge in [0.05, 0.1) is 24.7 Å². The molecule has 0 saturated heterocycles. The molecular formula is C22H21N5O6. The number of hydrogen-bond acceptors (Lipinski definition) is 8. The number of aromatic amines is 1. The van der Waals surface area contributed by atoms with Gasteiger partial charge in [-0.1, -0.05) is 6.07 Å². The normalized spacial score (nSPS) is 12.6. The quantitative estimate of drug-likeness (QED) is 0.454. The fraction of sp³-hybridized carbons (Fsp3) is 0.273. The van der Waals surface area contributed by atoms with E-state index in [0.717, 1.165) is 11.1 Å². The Kier molecular flexibility index (Phi) is 6.29. The van der Waals surface area contributed by atoms with Gasteiger partial charge < -0.3 is 25.1 Å². The highest BCUT2D eigenvalue weighted by Crippen LogP contribution is 2.25. The van der Waals surface area contributed by atoms with Crippen LogP contribution in [0.1, 0.15) is 34.5 Å². The molecule has 3 aromatic rings. The third-order valence-electron chi connectivity index (χ3n) is 5.09. The Morgan fingerprint density at radius 1 is 1.21 bits per heavy atom. The van der Waals surface area contributed by atoms with Crippen molar-refractivity contribution >= 4 is 40.3 Å². The van der Waals surface area contributed by atoms with Crippen molar-refractivity contribution in [2.75, 3.05) is 19.0 Å². The van der Waals surface area contributed by atoms with Crippen LogP contribution >= 0.6 is 0 Å². The van der Waals surface area contributed by atoms with E-state index in [2.05, 4.69) is 30.3 Å². The van der Waals surface area contributed by atoms with Crippen molar-refractivity contribution in [2.24, 2.45) is 0 Å². The maximum Gasteiger partial charge on any atom is 0.306 e. The number of carbonyl (C=O) groups is 4. The van der Waals surface area contributed by atoms with Gasteiger partial charge in [0.2, 0.25) is 5.91 Å². The summed E-state index contributed by atoms with van der Waals surface area (Å²) in [6.07, 6.45) is 2.95. The predicted molar refractivity (Wildman–Crippen MR) is 116 cm³/mol. The monoisotopic (exact) mass is 451 g/mol. The average molecular weight is 451 g/mol. The van der Waals surface area contributed by atoms with E-state index in [-0.39, 0.29) is 43.4 Å². The highest BCUT2D eigenvalue weighted by molar-refractivity contribution is 6.08. The molecule has 11 heteroatoms. The Labute approximate surface area is 187 Å². The molecule has 0 fully saturated rings. The van der Waals surface area contributed by atoms with Crippen molar-refractivity contribution in [2.45, 2.75) is 25.8 Å². The first-order chi connectivity index (χ1) is 15.9. The van der Waals surface area contributed by atoms with E-state index >= 15 is 0 Å². The molecule has 0 aliphatic carbocycles. The molecular weight excluding hydrogens is 430 g/mol. The van der Waals surface area contributed by atoms with Gasteiger partial charge in [0.25, 0.3) is 5.91 Å². The summed E-state index contributed by atoms with van der Waals surface area (Å²) in [5.74, 6) is -0.621. The number of nitrogens with zero attached hydrogens (tertiary/aromatic N) is 2. The van der Waals surface area contributed by atoms with Crippen LogP contribution in [0.4, 0.5) is 5.69 Å². The molecule has 11 nitrogen and oxygen atoms in total. The summed E-state index contributed by atoms with van der Waals surface area (Å²) >= 11 is 0. The van der Waals surface area contributed by atoms with Crippen LogP contribution in [0.2, 0.25) is 0 Å². The maximum atomic E-state index is 12.8. The molecule has 1 aliphatic rings. The second-order valence-corrected chi connectivity index (χ2v) is 7.40. The van der Waals surface area contributed by atoms with Crippen LogP contribution in [0.25, 0.3) is 11.0 Å². The molecule has 1 aliphatic heterocycles. The van der Waals surface area contributed by atoms with Crippen LogP contribution in [0.15, 0.2) is 30.7 Å². The number of hydrogen-bond donors (Lipinski definition) is 3. The number of ether oxygens (including phenoxy) is 2. The number of amides is 2. The van der Waals surface area contributed by atoms with Crippen LogP contribution in [0.5, 0.6) is 5.75 Å². The summed E-state index contributed by atoms with van der Waals surface area (Å²) in [5.41, 5.74) is 2.83. The van der Waals surface area contributed by atoms with Gasteiger partial charge in [-0.25, -0.2) is 9.97 Å². The lowest BCUT2D eigenvalue weighted by molar-refractivity contribution is -0.141. The number of esters is 1. The Bertz CT molecular complexity index is 1250. The second kappa shape index (κ2) is 9.47. The van der Waals surface area contributed by atoms with Crippen LogP contribution in [0.3, 0.4) is 0 Å². The standard InChI is InChI=1S/C22H21N5O6/c1-32-18(30)5-4-17(29)27-15-9-23-20-19(15)25-11-26-21(20)22(31)24-8-12-2-3-16-13(6-12)7-14(28)10-33-16/h2-3,6,9,11,23H,4-5,7-8,10H2,1H3,(H,24,31)(H,27,29). The zero-order valence-electron chi connectivity index (χ0n) is 17.8. The van der Waals surface area contributed by atoms with Crippen molar-refractivity contribution in [3.05, 3.63) is 47.5 Å². The largest absolute Gasteiger partial charge is 0.486 e. The van der Waals surface area contributed by atoms with E-state index < -0.39 is 11.9 Å². The summed E-state index contributed by atoms with van der Waals surface area (Å²) < 4.78 is 9.91. The van der Waals surface area contributed by atoms with Crippen LogP contribution < -0.4 is 15.4 Å². The van der Waals surface area contributed by atoms with Crippen LogP contribution in [-0.4, -0.2) is 52.2 Å². The molecule has 170 valence electrons. The van der Waals surface area contributed by atoms with Crippen molar-refractivity contribution < 1.29 is 28.7 Å². The SMILES string of the molecule is COC(=O)CCC(=O)Nc1c[nH]c2c(C(=O)NCc3ccc4c(c3)CC(=O)CO4)ncnc12. The molecule has 3 heterocycles. The highest BCUT2D eigenvalue weighted by Gasteiger charge is 2.19. The molecule has 0 radical (unpaired) electrons. The molecule has 0 saturated carbocycles. The number of rotatable bonds is 7. The molecule has 0 spiro atoms. The van der Waals surface area contributed by atoms with E-state index in [9.17, 15) is 19.2 Å². The Hall–Kier alpha value is -4.28. The smallest absolute Gasteiger partial charge is 0.306 e. The van der Waals surface area contributed by atoms with Crippen LogP contribution in [0, 0.1) is 0 Å². The minimum absolute atomic E-state index is 0.00648. The third-order valence-corrected chi connectivity index (χ3v) is 5.09. The number of benzene rings is 1. The number of H-pyrrole nitrogens is 1. The van der Waals surface area contributed by atoms with Crippen molar-refractivity contribution in [1.29, 1.82) is 0 Å². The zero-order chi connectivity index (χ0) is 23.4. The number of fused-ring (bicyclic) bond motifs is 2. The molecule has 0 atom stereocenters.